The van der Waals surface area contributed by atoms with Crippen molar-refractivity contribution in [3.63, 3.8) is 0 Å². The quantitative estimate of drug-likeness (QED) is 0.859. The summed E-state index contributed by atoms with van der Waals surface area (Å²) in [7, 11) is 0. The van der Waals surface area contributed by atoms with Gasteiger partial charge < -0.3 is 5.11 Å². The number of Topliss-reactive ketones (excluding diaryl/α,β-unsaturated/α-hetero) is 1. The fourth-order valence-electron chi connectivity index (χ4n) is 1.59. The number of halogens is 2. The van der Waals surface area contributed by atoms with Crippen LogP contribution < -0.4 is 0 Å². The lowest BCUT2D eigenvalue weighted by Gasteiger charge is -2.04. The fourth-order valence-corrected chi connectivity index (χ4v) is 2.06. The van der Waals surface area contributed by atoms with Crippen molar-refractivity contribution in [3.05, 3.63) is 63.6 Å². The van der Waals surface area contributed by atoms with Gasteiger partial charge in [0, 0.05) is 22.0 Å². The molecule has 0 atom stereocenters. The molecular weight excluding hydrogens is 271 g/mol. The molecule has 2 aromatic carbocycles. The minimum atomic E-state index is -0.0563. The number of carbonyl (C=O) groups is 1. The van der Waals surface area contributed by atoms with E-state index in [1.54, 1.807) is 30.3 Å². The maximum absolute atomic E-state index is 12.0. The molecule has 2 nitrogen and oxygen atoms in total. The van der Waals surface area contributed by atoms with Crippen molar-refractivity contribution in [2.24, 2.45) is 0 Å². The molecule has 0 unspecified atom stereocenters. The molecule has 0 bridgehead atoms. The molecule has 0 amide bonds. The molecule has 0 saturated carbocycles. The van der Waals surface area contributed by atoms with Gasteiger partial charge in [0.05, 0.1) is 0 Å². The van der Waals surface area contributed by atoms with E-state index in [1.165, 1.54) is 12.1 Å². The van der Waals surface area contributed by atoms with E-state index in [0.29, 0.717) is 15.6 Å². The summed E-state index contributed by atoms with van der Waals surface area (Å²) in [5.74, 6) is 0.0790. The summed E-state index contributed by atoms with van der Waals surface area (Å²) in [6.45, 7) is 0. The first-order chi connectivity index (χ1) is 8.56. The highest BCUT2D eigenvalue weighted by Crippen LogP contribution is 2.22. The molecule has 92 valence electrons. The zero-order chi connectivity index (χ0) is 13.1. The van der Waals surface area contributed by atoms with Gasteiger partial charge in [-0.15, -0.1) is 0 Å². The molecule has 2 rings (SSSR count). The number of ketones is 1. The first-order valence-electron chi connectivity index (χ1n) is 5.32. The number of phenolic OH excluding ortho intramolecular Hbond substituents is 1. The van der Waals surface area contributed by atoms with Gasteiger partial charge in [-0.2, -0.15) is 0 Å². The molecule has 0 saturated heterocycles. The van der Waals surface area contributed by atoms with E-state index in [1.807, 2.05) is 0 Å². The predicted molar refractivity (Wildman–Crippen MR) is 72.6 cm³/mol. The molecule has 1 N–H and O–H groups in total. The number of hydrogen-bond donors (Lipinski definition) is 1. The van der Waals surface area contributed by atoms with E-state index < -0.39 is 0 Å². The number of aromatic hydroxyl groups is 1. The number of carbonyl (C=O) groups excluding carboxylic acids is 1. The summed E-state index contributed by atoms with van der Waals surface area (Å²) in [4.78, 5) is 12.0. The Bertz CT molecular complexity index is 577. The van der Waals surface area contributed by atoms with E-state index in [2.05, 4.69) is 0 Å². The number of benzene rings is 2. The van der Waals surface area contributed by atoms with Crippen molar-refractivity contribution < 1.29 is 9.90 Å². The molecule has 0 spiro atoms. The van der Waals surface area contributed by atoms with Crippen LogP contribution in [0.25, 0.3) is 0 Å². The third-order valence-electron chi connectivity index (χ3n) is 2.56. The van der Waals surface area contributed by atoms with E-state index in [9.17, 15) is 4.79 Å². The van der Waals surface area contributed by atoms with Gasteiger partial charge >= 0.3 is 0 Å². The first kappa shape index (κ1) is 12.9. The average Bonchev–Trinajstić information content (AvgIpc) is 2.33. The Balaban J connectivity index is 2.18. The van der Waals surface area contributed by atoms with Crippen molar-refractivity contribution >= 4 is 29.0 Å². The number of phenols is 1. The van der Waals surface area contributed by atoms with Crippen LogP contribution in [0.1, 0.15) is 15.9 Å². The van der Waals surface area contributed by atoms with Gasteiger partial charge in [0.2, 0.25) is 0 Å². The summed E-state index contributed by atoms with van der Waals surface area (Å²) >= 11 is 11.8. The molecule has 0 aliphatic carbocycles. The Morgan fingerprint density at radius 3 is 2.33 bits per heavy atom. The maximum atomic E-state index is 12.0. The van der Waals surface area contributed by atoms with Crippen molar-refractivity contribution in [2.75, 3.05) is 0 Å². The highest BCUT2D eigenvalue weighted by atomic mass is 35.5. The highest BCUT2D eigenvalue weighted by Gasteiger charge is 2.10. The zero-order valence-corrected chi connectivity index (χ0v) is 10.9. The third kappa shape index (κ3) is 3.03. The molecular formula is C14H10Cl2O2. The van der Waals surface area contributed by atoms with Gasteiger partial charge in [-0.1, -0.05) is 29.3 Å². The van der Waals surface area contributed by atoms with Crippen LogP contribution >= 0.6 is 23.2 Å². The number of hydrogen-bond acceptors (Lipinski definition) is 2. The van der Waals surface area contributed by atoms with Gasteiger partial charge in [0.1, 0.15) is 5.75 Å². The summed E-state index contributed by atoms with van der Waals surface area (Å²) in [5.41, 5.74) is 1.28. The van der Waals surface area contributed by atoms with Gasteiger partial charge in [0.25, 0.3) is 0 Å². The number of rotatable bonds is 3. The van der Waals surface area contributed by atoms with Crippen LogP contribution in [0.2, 0.25) is 10.0 Å². The lowest BCUT2D eigenvalue weighted by atomic mass is 10.0. The van der Waals surface area contributed by atoms with Crippen molar-refractivity contribution in [1.82, 2.24) is 0 Å². The van der Waals surface area contributed by atoms with Crippen LogP contribution in [0.3, 0.4) is 0 Å². The average molecular weight is 281 g/mol. The van der Waals surface area contributed by atoms with Gasteiger partial charge in [-0.25, -0.2) is 0 Å². The summed E-state index contributed by atoms with van der Waals surface area (Å²) in [6.07, 6.45) is 0.209. The Kier molecular flexibility index (Phi) is 3.90. The molecule has 18 heavy (non-hydrogen) atoms. The molecule has 0 aliphatic heterocycles. The van der Waals surface area contributed by atoms with Crippen LogP contribution in [0, 0.1) is 0 Å². The van der Waals surface area contributed by atoms with E-state index in [-0.39, 0.29) is 18.0 Å². The van der Waals surface area contributed by atoms with Crippen molar-refractivity contribution in [1.29, 1.82) is 0 Å². The Hall–Kier alpha value is -1.51. The van der Waals surface area contributed by atoms with Crippen LogP contribution in [0.4, 0.5) is 0 Å². The van der Waals surface area contributed by atoms with Gasteiger partial charge in [-0.05, 0) is 42.0 Å². The minimum Gasteiger partial charge on any atom is -0.508 e. The topological polar surface area (TPSA) is 37.3 Å². The molecule has 0 aromatic heterocycles. The predicted octanol–water partition coefficient (Wildman–Crippen LogP) is 4.12. The lowest BCUT2D eigenvalue weighted by molar-refractivity contribution is 0.0993. The third-order valence-corrected chi connectivity index (χ3v) is 3.14. The second kappa shape index (κ2) is 5.42. The molecule has 4 heteroatoms. The second-order valence-electron chi connectivity index (χ2n) is 3.88. The lowest BCUT2D eigenvalue weighted by Crippen LogP contribution is -2.03. The zero-order valence-electron chi connectivity index (χ0n) is 9.36. The molecule has 0 fully saturated rings. The van der Waals surface area contributed by atoms with E-state index in [4.69, 9.17) is 28.3 Å². The first-order valence-corrected chi connectivity index (χ1v) is 6.08. The fraction of sp³-hybridized carbons (Fsp3) is 0.0714. The van der Waals surface area contributed by atoms with Crippen LogP contribution in [-0.4, -0.2) is 10.9 Å². The summed E-state index contributed by atoms with van der Waals surface area (Å²) in [5, 5.41) is 10.2. The van der Waals surface area contributed by atoms with E-state index in [0.717, 1.165) is 5.56 Å². The summed E-state index contributed by atoms with van der Waals surface area (Å²) < 4.78 is 0. The molecule has 0 heterocycles. The normalized spacial score (nSPS) is 10.3. The Labute approximate surface area is 115 Å². The highest BCUT2D eigenvalue weighted by molar-refractivity contribution is 6.35. The minimum absolute atomic E-state index is 0.0563. The molecule has 0 radical (unpaired) electrons. The standard InChI is InChI=1S/C14H10Cl2O2/c15-11-4-1-10(13(16)8-11)7-14(18)9-2-5-12(17)6-3-9/h1-6,8,17H,7H2. The monoisotopic (exact) mass is 280 g/mol. The van der Waals surface area contributed by atoms with Crippen molar-refractivity contribution in [2.45, 2.75) is 6.42 Å². The Morgan fingerprint density at radius 2 is 1.72 bits per heavy atom. The van der Waals surface area contributed by atoms with Gasteiger partial charge in [0.15, 0.2) is 5.78 Å². The summed E-state index contributed by atoms with van der Waals surface area (Å²) in [6, 6.07) is 11.2. The van der Waals surface area contributed by atoms with Gasteiger partial charge in [-0.3, -0.25) is 4.79 Å². The largest absolute Gasteiger partial charge is 0.508 e. The Morgan fingerprint density at radius 1 is 1.06 bits per heavy atom. The smallest absolute Gasteiger partial charge is 0.167 e. The molecule has 0 aliphatic rings. The van der Waals surface area contributed by atoms with E-state index >= 15 is 0 Å². The van der Waals surface area contributed by atoms with Crippen LogP contribution in [0.15, 0.2) is 42.5 Å². The second-order valence-corrected chi connectivity index (χ2v) is 4.73. The SMILES string of the molecule is O=C(Cc1ccc(Cl)cc1Cl)c1ccc(O)cc1. The van der Waals surface area contributed by atoms with Crippen molar-refractivity contribution in [3.8, 4) is 5.75 Å². The van der Waals surface area contributed by atoms with Crippen LogP contribution in [0.5, 0.6) is 5.75 Å². The van der Waals surface area contributed by atoms with Crippen LogP contribution in [-0.2, 0) is 6.42 Å². The molecule has 2 aromatic rings. The maximum Gasteiger partial charge on any atom is 0.167 e.